The molecule has 0 bridgehead atoms. The van der Waals surface area contributed by atoms with Gasteiger partial charge in [0, 0.05) is 22.8 Å². The second kappa shape index (κ2) is 6.95. The maximum atomic E-state index is 6.29. The first kappa shape index (κ1) is 16.2. The molecule has 0 saturated heterocycles. The predicted octanol–water partition coefficient (Wildman–Crippen LogP) is 6.25. The molecular weight excluding hydrogens is 357 g/mol. The lowest BCUT2D eigenvalue weighted by Crippen LogP contribution is -2.15. The summed E-state index contributed by atoms with van der Waals surface area (Å²) < 4.78 is 11.9. The van der Waals surface area contributed by atoms with E-state index in [1.165, 1.54) is 0 Å². The number of hydrogen-bond donors (Lipinski definition) is 0. The summed E-state index contributed by atoms with van der Waals surface area (Å²) in [6.07, 6.45) is 3.31. The molecule has 0 fully saturated rings. The van der Waals surface area contributed by atoms with E-state index in [1.54, 1.807) is 18.3 Å². The van der Waals surface area contributed by atoms with Crippen LogP contribution >= 0.6 is 23.2 Å². The van der Waals surface area contributed by atoms with Gasteiger partial charge in [0.25, 0.3) is 0 Å². The van der Waals surface area contributed by atoms with Gasteiger partial charge in [0.05, 0.1) is 5.02 Å². The Balaban J connectivity index is 1.53. The lowest BCUT2D eigenvalue weighted by Gasteiger charge is -2.27. The Morgan fingerprint density at radius 3 is 2.72 bits per heavy atom. The van der Waals surface area contributed by atoms with Crippen molar-refractivity contribution >= 4 is 23.2 Å². The van der Waals surface area contributed by atoms with E-state index in [0.717, 1.165) is 40.5 Å². The third kappa shape index (κ3) is 3.58. The van der Waals surface area contributed by atoms with E-state index >= 15 is 0 Å². The molecule has 5 heteroatoms. The molecule has 1 aromatic heterocycles. The fourth-order valence-corrected chi connectivity index (χ4v) is 3.30. The highest BCUT2D eigenvalue weighted by molar-refractivity contribution is 6.31. The van der Waals surface area contributed by atoms with Crippen molar-refractivity contribution < 1.29 is 9.47 Å². The van der Waals surface area contributed by atoms with Gasteiger partial charge in [-0.15, -0.1) is 0 Å². The third-order valence-corrected chi connectivity index (χ3v) is 4.72. The van der Waals surface area contributed by atoms with E-state index in [1.807, 2.05) is 42.5 Å². The van der Waals surface area contributed by atoms with Crippen molar-refractivity contribution in [2.24, 2.45) is 0 Å². The van der Waals surface area contributed by atoms with E-state index in [9.17, 15) is 0 Å². The number of fused-ring (bicyclic) bond motifs is 1. The van der Waals surface area contributed by atoms with Crippen LogP contribution in [0, 0.1) is 0 Å². The normalized spacial score (nSPS) is 16.0. The first-order valence-electron chi connectivity index (χ1n) is 8.02. The summed E-state index contributed by atoms with van der Waals surface area (Å²) in [5.74, 6) is 2.11. The number of rotatable bonds is 3. The van der Waals surface area contributed by atoms with Crippen molar-refractivity contribution in [1.82, 2.24) is 4.98 Å². The second-order valence-corrected chi connectivity index (χ2v) is 6.70. The van der Waals surface area contributed by atoms with Crippen molar-refractivity contribution in [1.29, 1.82) is 0 Å². The van der Waals surface area contributed by atoms with Gasteiger partial charge in [-0.3, -0.25) is 0 Å². The monoisotopic (exact) mass is 371 g/mol. The molecule has 0 saturated carbocycles. The van der Waals surface area contributed by atoms with Crippen LogP contribution in [-0.2, 0) is 6.42 Å². The molecule has 4 rings (SSSR count). The molecular formula is C20H15Cl2NO2. The Bertz CT molecular complexity index is 896. The highest BCUT2D eigenvalue weighted by Gasteiger charge is 2.23. The molecule has 25 heavy (non-hydrogen) atoms. The minimum Gasteiger partial charge on any atom is -0.485 e. The van der Waals surface area contributed by atoms with Gasteiger partial charge >= 0.3 is 0 Å². The first-order valence-corrected chi connectivity index (χ1v) is 8.78. The summed E-state index contributed by atoms with van der Waals surface area (Å²) in [6, 6.07) is 17.1. The molecule has 126 valence electrons. The molecule has 3 aromatic rings. The number of halogens is 2. The molecule has 1 unspecified atom stereocenters. The topological polar surface area (TPSA) is 31.4 Å². The second-order valence-electron chi connectivity index (χ2n) is 5.85. The summed E-state index contributed by atoms with van der Waals surface area (Å²) in [4.78, 5) is 4.15. The number of aromatic nitrogens is 1. The molecule has 2 aromatic carbocycles. The predicted molar refractivity (Wildman–Crippen MR) is 98.9 cm³/mol. The van der Waals surface area contributed by atoms with Gasteiger partial charge in [0.15, 0.2) is 0 Å². The van der Waals surface area contributed by atoms with Crippen LogP contribution in [0.3, 0.4) is 0 Å². The SMILES string of the molecule is Clc1ccc(Oc2ccc3c(c2)CCC(c2ccccc2Cl)O3)nc1. The van der Waals surface area contributed by atoms with Gasteiger partial charge in [-0.25, -0.2) is 4.98 Å². The Morgan fingerprint density at radius 1 is 1.04 bits per heavy atom. The molecule has 3 nitrogen and oxygen atoms in total. The molecule has 0 amide bonds. The first-order chi connectivity index (χ1) is 12.2. The van der Waals surface area contributed by atoms with Crippen LogP contribution in [0.15, 0.2) is 60.8 Å². The van der Waals surface area contributed by atoms with Crippen molar-refractivity contribution in [3.63, 3.8) is 0 Å². The number of nitrogens with zero attached hydrogens (tertiary/aromatic N) is 1. The number of aryl methyl sites for hydroxylation is 1. The Hall–Kier alpha value is -2.23. The van der Waals surface area contributed by atoms with Crippen LogP contribution in [0.25, 0.3) is 0 Å². The van der Waals surface area contributed by atoms with E-state index in [2.05, 4.69) is 4.98 Å². The molecule has 1 aliphatic rings. The fourth-order valence-electron chi connectivity index (χ4n) is 2.93. The number of benzene rings is 2. The summed E-state index contributed by atoms with van der Waals surface area (Å²) in [6.45, 7) is 0. The van der Waals surface area contributed by atoms with E-state index in [-0.39, 0.29) is 6.10 Å². The highest BCUT2D eigenvalue weighted by Crippen LogP contribution is 2.39. The fraction of sp³-hybridized carbons (Fsp3) is 0.150. The van der Waals surface area contributed by atoms with Gasteiger partial charge in [0.2, 0.25) is 5.88 Å². The summed E-state index contributed by atoms with van der Waals surface area (Å²) >= 11 is 12.1. The zero-order valence-corrected chi connectivity index (χ0v) is 14.8. The quantitative estimate of drug-likeness (QED) is 0.545. The van der Waals surface area contributed by atoms with Crippen LogP contribution in [-0.4, -0.2) is 4.98 Å². The third-order valence-electron chi connectivity index (χ3n) is 4.15. The maximum Gasteiger partial charge on any atom is 0.219 e. The van der Waals surface area contributed by atoms with Gasteiger partial charge < -0.3 is 9.47 Å². The molecule has 0 aliphatic carbocycles. The standard InChI is InChI=1S/C20H15Cl2NO2/c21-14-6-10-20(23-12-14)24-15-7-9-18-13(11-15)5-8-19(25-18)16-3-1-2-4-17(16)22/h1-4,6-7,9-12,19H,5,8H2. The van der Waals surface area contributed by atoms with Gasteiger partial charge in [-0.2, -0.15) is 0 Å². The minimum atomic E-state index is -0.0223. The largest absolute Gasteiger partial charge is 0.485 e. The molecule has 2 heterocycles. The molecule has 1 aliphatic heterocycles. The summed E-state index contributed by atoms with van der Waals surface area (Å²) in [5, 5.41) is 1.32. The smallest absolute Gasteiger partial charge is 0.219 e. The lowest BCUT2D eigenvalue weighted by molar-refractivity contribution is 0.176. The van der Waals surface area contributed by atoms with Crippen LogP contribution in [0.5, 0.6) is 17.4 Å². The van der Waals surface area contributed by atoms with Gasteiger partial charge in [-0.05, 0) is 48.7 Å². The maximum absolute atomic E-state index is 6.29. The number of hydrogen-bond acceptors (Lipinski definition) is 3. The van der Waals surface area contributed by atoms with E-state index in [4.69, 9.17) is 32.7 Å². The van der Waals surface area contributed by atoms with Crippen LogP contribution < -0.4 is 9.47 Å². The zero-order valence-electron chi connectivity index (χ0n) is 13.3. The number of pyridine rings is 1. The van der Waals surface area contributed by atoms with Gasteiger partial charge in [-0.1, -0.05) is 41.4 Å². The highest BCUT2D eigenvalue weighted by atomic mass is 35.5. The lowest BCUT2D eigenvalue weighted by atomic mass is 9.97. The molecule has 0 spiro atoms. The van der Waals surface area contributed by atoms with E-state index < -0.39 is 0 Å². The Labute approximate surface area is 156 Å². The molecule has 0 N–H and O–H groups in total. The van der Waals surface area contributed by atoms with Gasteiger partial charge in [0.1, 0.15) is 17.6 Å². The van der Waals surface area contributed by atoms with Crippen molar-refractivity contribution in [3.05, 3.63) is 82.0 Å². The minimum absolute atomic E-state index is 0.0223. The Kier molecular flexibility index (Phi) is 4.51. The molecule has 0 radical (unpaired) electrons. The summed E-state index contributed by atoms with van der Waals surface area (Å²) in [5.41, 5.74) is 2.15. The molecule has 1 atom stereocenters. The van der Waals surface area contributed by atoms with Crippen LogP contribution in [0.1, 0.15) is 23.7 Å². The average molecular weight is 372 g/mol. The van der Waals surface area contributed by atoms with E-state index in [0.29, 0.717) is 10.9 Å². The number of ether oxygens (including phenoxy) is 2. The zero-order chi connectivity index (χ0) is 17.2. The Morgan fingerprint density at radius 2 is 1.92 bits per heavy atom. The van der Waals surface area contributed by atoms with Crippen molar-refractivity contribution in [2.75, 3.05) is 0 Å². The van der Waals surface area contributed by atoms with Crippen LogP contribution in [0.4, 0.5) is 0 Å². The van der Waals surface area contributed by atoms with Crippen LogP contribution in [0.2, 0.25) is 10.0 Å². The average Bonchev–Trinajstić information content (AvgIpc) is 2.64. The van der Waals surface area contributed by atoms with Crippen molar-refractivity contribution in [2.45, 2.75) is 18.9 Å². The summed E-state index contributed by atoms with van der Waals surface area (Å²) in [7, 11) is 0. The van der Waals surface area contributed by atoms with Crippen molar-refractivity contribution in [3.8, 4) is 17.4 Å².